The zero-order valence-corrected chi connectivity index (χ0v) is 12.8. The topological polar surface area (TPSA) is 57.6 Å². The minimum atomic E-state index is -1.03. The van der Waals surface area contributed by atoms with Crippen LogP contribution in [-0.2, 0) is 16.0 Å². The molecule has 1 rings (SSSR count). The van der Waals surface area contributed by atoms with E-state index < -0.39 is 5.97 Å². The highest BCUT2D eigenvalue weighted by Crippen LogP contribution is 2.19. The number of hydrogen-bond donors (Lipinski definition) is 1. The van der Waals surface area contributed by atoms with Crippen LogP contribution in [0.2, 0.25) is 0 Å². The maximum atomic E-state index is 13.1. The molecular formula is C14H17BrFNO3. The highest BCUT2D eigenvalue weighted by molar-refractivity contribution is 9.10. The van der Waals surface area contributed by atoms with E-state index in [1.54, 1.807) is 6.07 Å². The Bertz CT molecular complexity index is 493. The summed E-state index contributed by atoms with van der Waals surface area (Å²) in [5.74, 6) is -1.62. The van der Waals surface area contributed by atoms with Crippen LogP contribution in [0, 0.1) is 5.82 Å². The predicted molar refractivity (Wildman–Crippen MR) is 76.9 cm³/mol. The fraction of sp³-hybridized carbons (Fsp3) is 0.429. The van der Waals surface area contributed by atoms with Crippen molar-refractivity contribution in [1.82, 2.24) is 4.90 Å². The minimum Gasteiger partial charge on any atom is -0.480 e. The number of amides is 1. The summed E-state index contributed by atoms with van der Waals surface area (Å²) >= 11 is 3.30. The molecule has 0 bridgehead atoms. The van der Waals surface area contributed by atoms with Crippen molar-refractivity contribution < 1.29 is 19.1 Å². The Hall–Kier alpha value is -1.43. The third-order valence-corrected chi connectivity index (χ3v) is 3.56. The molecule has 0 radical (unpaired) electrons. The molecule has 110 valence electrons. The van der Waals surface area contributed by atoms with Crippen molar-refractivity contribution in [2.75, 3.05) is 13.1 Å². The molecule has 0 aliphatic heterocycles. The molecule has 0 aromatic heterocycles. The van der Waals surface area contributed by atoms with Crippen LogP contribution in [0.3, 0.4) is 0 Å². The number of halogens is 2. The van der Waals surface area contributed by atoms with E-state index in [-0.39, 0.29) is 24.7 Å². The number of benzene rings is 1. The van der Waals surface area contributed by atoms with Gasteiger partial charge in [0.1, 0.15) is 12.4 Å². The van der Waals surface area contributed by atoms with Crippen molar-refractivity contribution in [3.8, 4) is 0 Å². The Morgan fingerprint density at radius 2 is 2.10 bits per heavy atom. The maximum Gasteiger partial charge on any atom is 0.323 e. The standard InChI is InChI=1S/C14H17BrFNO3/c1-2-7-17(9-14(19)20)13(18)6-3-10-8-11(16)4-5-12(10)15/h4-5,8H,2-3,6-7,9H2,1H3,(H,19,20). The third-order valence-electron chi connectivity index (χ3n) is 2.79. The number of nitrogens with zero attached hydrogens (tertiary/aromatic N) is 1. The Kier molecular flexibility index (Phi) is 6.64. The Morgan fingerprint density at radius 3 is 2.70 bits per heavy atom. The van der Waals surface area contributed by atoms with Crippen LogP contribution in [0.4, 0.5) is 4.39 Å². The zero-order chi connectivity index (χ0) is 15.1. The van der Waals surface area contributed by atoms with Gasteiger partial charge in [0, 0.05) is 17.4 Å². The maximum absolute atomic E-state index is 13.1. The molecule has 1 amide bonds. The lowest BCUT2D eigenvalue weighted by molar-refractivity contribution is -0.144. The lowest BCUT2D eigenvalue weighted by Crippen LogP contribution is -2.36. The average Bonchev–Trinajstić information content (AvgIpc) is 2.38. The molecule has 0 aliphatic rings. The molecule has 0 spiro atoms. The fourth-order valence-electron chi connectivity index (χ4n) is 1.86. The molecule has 1 N–H and O–H groups in total. The van der Waals surface area contributed by atoms with Crippen LogP contribution in [0.25, 0.3) is 0 Å². The summed E-state index contributed by atoms with van der Waals surface area (Å²) in [5.41, 5.74) is 0.699. The van der Waals surface area contributed by atoms with Crippen molar-refractivity contribution >= 4 is 27.8 Å². The van der Waals surface area contributed by atoms with Gasteiger partial charge in [-0.3, -0.25) is 9.59 Å². The molecule has 1 aromatic rings. The monoisotopic (exact) mass is 345 g/mol. The van der Waals surface area contributed by atoms with Crippen LogP contribution in [0.5, 0.6) is 0 Å². The van der Waals surface area contributed by atoms with Gasteiger partial charge < -0.3 is 10.0 Å². The molecule has 0 atom stereocenters. The van der Waals surface area contributed by atoms with Crippen molar-refractivity contribution in [2.45, 2.75) is 26.2 Å². The predicted octanol–water partition coefficient (Wildman–Crippen LogP) is 2.84. The Balaban J connectivity index is 2.64. The molecule has 0 saturated carbocycles. The van der Waals surface area contributed by atoms with Crippen LogP contribution >= 0.6 is 15.9 Å². The molecule has 6 heteroatoms. The van der Waals surface area contributed by atoms with Gasteiger partial charge in [-0.1, -0.05) is 22.9 Å². The molecule has 1 aromatic carbocycles. The second kappa shape index (κ2) is 7.99. The van der Waals surface area contributed by atoms with Crippen LogP contribution in [0.15, 0.2) is 22.7 Å². The zero-order valence-electron chi connectivity index (χ0n) is 11.2. The summed E-state index contributed by atoms with van der Waals surface area (Å²) in [6, 6.07) is 4.30. The normalized spacial score (nSPS) is 10.3. The molecule has 0 unspecified atom stereocenters. The molecule has 0 saturated heterocycles. The number of carbonyl (C=O) groups excluding carboxylic acids is 1. The second-order valence-corrected chi connectivity index (χ2v) is 5.30. The third kappa shape index (κ3) is 5.28. The summed E-state index contributed by atoms with van der Waals surface area (Å²) in [6.45, 7) is 2.00. The van der Waals surface area contributed by atoms with E-state index in [0.717, 1.165) is 4.47 Å². The molecule has 0 heterocycles. The quantitative estimate of drug-likeness (QED) is 0.826. The molecule has 20 heavy (non-hydrogen) atoms. The molecule has 0 aliphatic carbocycles. The number of carboxylic acid groups (broad SMARTS) is 1. The first-order valence-electron chi connectivity index (χ1n) is 6.37. The van der Waals surface area contributed by atoms with Gasteiger partial charge in [-0.05, 0) is 36.6 Å². The Morgan fingerprint density at radius 1 is 1.40 bits per heavy atom. The largest absolute Gasteiger partial charge is 0.480 e. The van der Waals surface area contributed by atoms with Gasteiger partial charge in [-0.25, -0.2) is 4.39 Å². The van der Waals surface area contributed by atoms with Gasteiger partial charge in [0.25, 0.3) is 0 Å². The average molecular weight is 346 g/mol. The van der Waals surface area contributed by atoms with Crippen LogP contribution in [0.1, 0.15) is 25.3 Å². The van der Waals surface area contributed by atoms with E-state index in [9.17, 15) is 14.0 Å². The summed E-state index contributed by atoms with van der Waals surface area (Å²) in [6.07, 6.45) is 1.23. The van der Waals surface area contributed by atoms with E-state index in [1.807, 2.05) is 6.92 Å². The number of carbonyl (C=O) groups is 2. The van der Waals surface area contributed by atoms with Gasteiger partial charge >= 0.3 is 5.97 Å². The van der Waals surface area contributed by atoms with Crippen LogP contribution < -0.4 is 0 Å². The van der Waals surface area contributed by atoms with Gasteiger partial charge in [-0.15, -0.1) is 0 Å². The number of carboxylic acids is 1. The smallest absolute Gasteiger partial charge is 0.323 e. The first-order valence-corrected chi connectivity index (χ1v) is 7.16. The molecular weight excluding hydrogens is 329 g/mol. The number of hydrogen-bond acceptors (Lipinski definition) is 2. The number of aryl methyl sites for hydroxylation is 1. The SMILES string of the molecule is CCCN(CC(=O)O)C(=O)CCc1cc(F)ccc1Br. The van der Waals surface area contributed by atoms with E-state index in [1.165, 1.54) is 17.0 Å². The van der Waals surface area contributed by atoms with Gasteiger partial charge in [0.05, 0.1) is 0 Å². The van der Waals surface area contributed by atoms with Crippen molar-refractivity contribution in [3.05, 3.63) is 34.1 Å². The highest BCUT2D eigenvalue weighted by atomic mass is 79.9. The highest BCUT2D eigenvalue weighted by Gasteiger charge is 2.16. The second-order valence-electron chi connectivity index (χ2n) is 4.44. The summed E-state index contributed by atoms with van der Waals surface area (Å²) in [4.78, 5) is 24.0. The minimum absolute atomic E-state index is 0.162. The summed E-state index contributed by atoms with van der Waals surface area (Å²) < 4.78 is 13.9. The number of aliphatic carboxylic acids is 1. The lowest BCUT2D eigenvalue weighted by atomic mass is 10.1. The van der Waals surface area contributed by atoms with E-state index in [0.29, 0.717) is 24.9 Å². The van der Waals surface area contributed by atoms with E-state index >= 15 is 0 Å². The fourth-order valence-corrected chi connectivity index (χ4v) is 2.30. The van der Waals surface area contributed by atoms with Crippen LogP contribution in [-0.4, -0.2) is 35.0 Å². The first kappa shape index (κ1) is 16.6. The molecule has 0 fully saturated rings. The summed E-state index contributed by atoms with van der Waals surface area (Å²) in [7, 11) is 0. The van der Waals surface area contributed by atoms with Gasteiger partial charge in [0.2, 0.25) is 5.91 Å². The van der Waals surface area contributed by atoms with Crippen molar-refractivity contribution in [3.63, 3.8) is 0 Å². The van der Waals surface area contributed by atoms with E-state index in [4.69, 9.17) is 5.11 Å². The van der Waals surface area contributed by atoms with Crippen molar-refractivity contribution in [2.24, 2.45) is 0 Å². The summed E-state index contributed by atoms with van der Waals surface area (Å²) in [5, 5.41) is 8.77. The number of rotatable bonds is 7. The van der Waals surface area contributed by atoms with Crippen molar-refractivity contribution in [1.29, 1.82) is 0 Å². The Labute approximate surface area is 125 Å². The van der Waals surface area contributed by atoms with Gasteiger partial charge in [-0.2, -0.15) is 0 Å². The van der Waals surface area contributed by atoms with E-state index in [2.05, 4.69) is 15.9 Å². The van der Waals surface area contributed by atoms with Gasteiger partial charge in [0.15, 0.2) is 0 Å². The molecule has 4 nitrogen and oxygen atoms in total. The first-order chi connectivity index (χ1) is 9.43. The lowest BCUT2D eigenvalue weighted by Gasteiger charge is -2.20.